The molecule has 0 radical (unpaired) electrons. The Kier molecular flexibility index (Phi) is 6.88. The molecule has 4 aliphatic carbocycles. The van der Waals surface area contributed by atoms with Crippen molar-refractivity contribution >= 4 is 40.0 Å². The topological polar surface area (TPSA) is 91.0 Å². The SMILES string of the molecule is CN=C(NCC12CC3CC(CC(C3)C1)C2)N1CCN(S(=O)(=O)Cc2ccon2)CC1.I. The zero-order chi connectivity index (χ0) is 20.8. The van der Waals surface area contributed by atoms with Gasteiger partial charge in [-0.2, -0.15) is 4.31 Å². The maximum absolute atomic E-state index is 12.7. The highest BCUT2D eigenvalue weighted by molar-refractivity contribution is 14.0. The lowest BCUT2D eigenvalue weighted by Gasteiger charge is -2.57. The first kappa shape index (κ1) is 23.3. The smallest absolute Gasteiger partial charge is 0.220 e. The van der Waals surface area contributed by atoms with Crippen molar-refractivity contribution < 1.29 is 12.9 Å². The molecular formula is C21H34IN5O3S. The van der Waals surface area contributed by atoms with Crippen LogP contribution in [-0.2, 0) is 15.8 Å². The van der Waals surface area contributed by atoms with Gasteiger partial charge in [0.25, 0.3) is 0 Å². The predicted octanol–water partition coefficient (Wildman–Crippen LogP) is 2.53. The van der Waals surface area contributed by atoms with Crippen molar-refractivity contribution in [2.45, 2.75) is 44.3 Å². The van der Waals surface area contributed by atoms with E-state index in [1.165, 1.54) is 44.8 Å². The van der Waals surface area contributed by atoms with Crippen LogP contribution in [0.1, 0.15) is 44.2 Å². The summed E-state index contributed by atoms with van der Waals surface area (Å²) >= 11 is 0. The van der Waals surface area contributed by atoms with E-state index in [2.05, 4.69) is 20.4 Å². The van der Waals surface area contributed by atoms with Crippen LogP contribution in [0.4, 0.5) is 0 Å². The van der Waals surface area contributed by atoms with Crippen LogP contribution in [0.2, 0.25) is 0 Å². The van der Waals surface area contributed by atoms with E-state index < -0.39 is 10.0 Å². The summed E-state index contributed by atoms with van der Waals surface area (Å²) in [5.74, 6) is 3.64. The van der Waals surface area contributed by atoms with E-state index in [0.29, 0.717) is 37.3 Å². The number of nitrogens with zero attached hydrogens (tertiary/aromatic N) is 4. The van der Waals surface area contributed by atoms with Crippen molar-refractivity contribution in [2.75, 3.05) is 39.8 Å². The van der Waals surface area contributed by atoms with E-state index in [-0.39, 0.29) is 29.7 Å². The molecule has 1 aromatic rings. The molecule has 4 bridgehead atoms. The highest BCUT2D eigenvalue weighted by Crippen LogP contribution is 2.59. The highest BCUT2D eigenvalue weighted by Gasteiger charge is 2.50. The number of aromatic nitrogens is 1. The number of hydrogen-bond acceptors (Lipinski definition) is 5. The van der Waals surface area contributed by atoms with Gasteiger partial charge in [-0.05, 0) is 61.7 Å². The Balaban J connectivity index is 0.00000231. The molecule has 5 fully saturated rings. The van der Waals surface area contributed by atoms with Gasteiger partial charge in [0, 0.05) is 45.8 Å². The quantitative estimate of drug-likeness (QED) is 0.337. The molecular weight excluding hydrogens is 529 g/mol. The Morgan fingerprint density at radius 2 is 1.77 bits per heavy atom. The molecule has 10 heteroatoms. The van der Waals surface area contributed by atoms with Crippen LogP contribution in [0.25, 0.3) is 0 Å². The molecule has 0 spiro atoms. The molecule has 0 aromatic carbocycles. The first-order valence-corrected chi connectivity index (χ1v) is 12.9. The van der Waals surface area contributed by atoms with Gasteiger partial charge in [-0.1, -0.05) is 5.16 Å². The number of halogens is 1. The van der Waals surface area contributed by atoms with Crippen molar-refractivity contribution in [2.24, 2.45) is 28.2 Å². The van der Waals surface area contributed by atoms with Crippen LogP contribution >= 0.6 is 24.0 Å². The number of nitrogens with one attached hydrogen (secondary N) is 1. The van der Waals surface area contributed by atoms with Crippen LogP contribution in [0.5, 0.6) is 0 Å². The molecule has 0 unspecified atom stereocenters. The minimum absolute atomic E-state index is 0. The van der Waals surface area contributed by atoms with Crippen LogP contribution in [0.15, 0.2) is 21.8 Å². The molecule has 4 saturated carbocycles. The average Bonchev–Trinajstić information content (AvgIpc) is 3.20. The van der Waals surface area contributed by atoms with E-state index in [0.717, 1.165) is 30.3 Å². The standard InChI is InChI=1S/C21H33N5O3S.HI/c1-22-20(23-15-21-11-16-8-17(12-21)10-18(9-16)13-21)25-3-5-26(6-4-25)30(27,28)14-19-2-7-29-24-19;/h2,7,16-18H,3-6,8-15H2,1H3,(H,22,23);1H. The number of rotatable bonds is 5. The molecule has 8 nitrogen and oxygen atoms in total. The zero-order valence-corrected chi connectivity index (χ0v) is 21.3. The third-order valence-electron chi connectivity index (χ3n) is 7.75. The summed E-state index contributed by atoms with van der Waals surface area (Å²) in [6, 6.07) is 1.60. The fourth-order valence-electron chi connectivity index (χ4n) is 6.87. The molecule has 6 rings (SSSR count). The second kappa shape index (κ2) is 9.17. The molecule has 0 atom stereocenters. The van der Waals surface area contributed by atoms with Crippen molar-refractivity contribution in [1.82, 2.24) is 19.7 Å². The van der Waals surface area contributed by atoms with E-state index in [4.69, 9.17) is 4.52 Å². The minimum Gasteiger partial charge on any atom is -0.364 e. The molecule has 174 valence electrons. The van der Waals surface area contributed by atoms with Crippen molar-refractivity contribution in [3.63, 3.8) is 0 Å². The fraction of sp³-hybridized carbons (Fsp3) is 0.810. The monoisotopic (exact) mass is 563 g/mol. The summed E-state index contributed by atoms with van der Waals surface area (Å²) in [6.07, 6.45) is 9.89. The molecule has 0 amide bonds. The highest BCUT2D eigenvalue weighted by atomic mass is 127. The molecule has 1 aromatic heterocycles. The maximum Gasteiger partial charge on any atom is 0.220 e. The summed E-state index contributed by atoms with van der Waals surface area (Å²) < 4.78 is 31.6. The lowest BCUT2D eigenvalue weighted by Crippen LogP contribution is -2.56. The van der Waals surface area contributed by atoms with Crippen LogP contribution in [0, 0.1) is 23.2 Å². The second-order valence-electron chi connectivity index (χ2n) is 9.95. The van der Waals surface area contributed by atoms with Gasteiger partial charge in [0.15, 0.2) is 5.96 Å². The van der Waals surface area contributed by atoms with Gasteiger partial charge < -0.3 is 14.7 Å². The van der Waals surface area contributed by atoms with Crippen LogP contribution in [-0.4, -0.2) is 68.5 Å². The van der Waals surface area contributed by atoms with E-state index in [9.17, 15) is 8.42 Å². The Hall–Kier alpha value is -0.880. The van der Waals surface area contributed by atoms with Gasteiger partial charge in [-0.25, -0.2) is 8.42 Å². The Morgan fingerprint density at radius 3 is 2.29 bits per heavy atom. The summed E-state index contributed by atoms with van der Waals surface area (Å²) in [5, 5.41) is 7.41. The lowest BCUT2D eigenvalue weighted by molar-refractivity contribution is -0.0494. The zero-order valence-electron chi connectivity index (χ0n) is 18.2. The summed E-state index contributed by atoms with van der Waals surface area (Å²) in [6.45, 7) is 3.25. The van der Waals surface area contributed by atoms with Crippen molar-refractivity contribution in [1.29, 1.82) is 0 Å². The molecule has 5 aliphatic rings. The van der Waals surface area contributed by atoms with E-state index in [1.807, 2.05) is 7.05 Å². The van der Waals surface area contributed by atoms with Crippen LogP contribution in [0.3, 0.4) is 0 Å². The van der Waals surface area contributed by atoms with Gasteiger partial charge in [0.05, 0.1) is 5.69 Å². The summed E-state index contributed by atoms with van der Waals surface area (Å²) in [7, 11) is -1.55. The van der Waals surface area contributed by atoms with Gasteiger partial charge in [0.1, 0.15) is 12.0 Å². The maximum atomic E-state index is 12.7. The molecule has 1 saturated heterocycles. The first-order chi connectivity index (χ1) is 14.4. The Bertz CT molecular complexity index is 846. The third kappa shape index (κ3) is 4.90. The Labute approximate surface area is 202 Å². The lowest BCUT2D eigenvalue weighted by atomic mass is 9.49. The van der Waals surface area contributed by atoms with Crippen LogP contribution < -0.4 is 5.32 Å². The summed E-state index contributed by atoms with van der Waals surface area (Å²) in [5.41, 5.74) is 0.901. The number of sulfonamides is 1. The van der Waals surface area contributed by atoms with Gasteiger partial charge >= 0.3 is 0 Å². The average molecular weight is 564 g/mol. The predicted molar refractivity (Wildman–Crippen MR) is 130 cm³/mol. The van der Waals surface area contributed by atoms with Crippen molar-refractivity contribution in [3.05, 3.63) is 18.0 Å². The number of hydrogen-bond donors (Lipinski definition) is 1. The Morgan fingerprint density at radius 1 is 1.16 bits per heavy atom. The summed E-state index contributed by atoms with van der Waals surface area (Å²) in [4.78, 5) is 6.71. The number of guanidine groups is 1. The first-order valence-electron chi connectivity index (χ1n) is 11.3. The van der Waals surface area contributed by atoms with Gasteiger partial charge in [-0.3, -0.25) is 4.99 Å². The molecule has 1 N–H and O–H groups in total. The molecule has 2 heterocycles. The number of piperazine rings is 1. The van der Waals surface area contributed by atoms with E-state index >= 15 is 0 Å². The fourth-order valence-corrected chi connectivity index (χ4v) is 8.30. The minimum atomic E-state index is -3.38. The van der Waals surface area contributed by atoms with Gasteiger partial charge in [0.2, 0.25) is 10.0 Å². The van der Waals surface area contributed by atoms with E-state index in [1.54, 1.807) is 10.4 Å². The number of aliphatic imine (C=N–C) groups is 1. The second-order valence-corrected chi connectivity index (χ2v) is 11.9. The largest absolute Gasteiger partial charge is 0.364 e. The third-order valence-corrected chi connectivity index (χ3v) is 9.56. The van der Waals surface area contributed by atoms with Gasteiger partial charge in [-0.15, -0.1) is 24.0 Å². The molecule has 1 aliphatic heterocycles. The normalized spacial score (nSPS) is 33.4. The molecule has 31 heavy (non-hydrogen) atoms. The van der Waals surface area contributed by atoms with Crippen molar-refractivity contribution in [3.8, 4) is 0 Å².